The van der Waals surface area contributed by atoms with Crippen molar-refractivity contribution in [1.29, 1.82) is 5.26 Å². The number of nitrogens with zero attached hydrogens (tertiary/aromatic N) is 6. The van der Waals surface area contributed by atoms with Crippen LogP contribution in [-0.4, -0.2) is 50.4 Å². The van der Waals surface area contributed by atoms with E-state index < -0.39 is 5.97 Å². The molecule has 0 N–H and O–H groups in total. The number of imidazole rings is 1. The molecule has 2 heterocycles. The van der Waals surface area contributed by atoms with Crippen molar-refractivity contribution in [3.05, 3.63) is 137 Å². The van der Waals surface area contributed by atoms with Crippen LogP contribution in [-0.2, 0) is 17.9 Å². The summed E-state index contributed by atoms with van der Waals surface area (Å²) in [4.78, 5) is 41.4. The van der Waals surface area contributed by atoms with Crippen LogP contribution in [0, 0.1) is 18.3 Å². The molecule has 48 heavy (non-hydrogen) atoms. The highest BCUT2D eigenvalue weighted by Crippen LogP contribution is 2.33. The number of fused-ring (bicyclic) bond motifs is 1. The van der Waals surface area contributed by atoms with E-state index >= 15 is 0 Å². The maximum atomic E-state index is 13.2. The number of amides is 1. The molecule has 0 aliphatic heterocycles. The third-order valence-corrected chi connectivity index (χ3v) is 7.36. The molecule has 0 spiro atoms. The Hall–Kier alpha value is -6.54. The van der Waals surface area contributed by atoms with Gasteiger partial charge in [0.15, 0.2) is 11.2 Å². The number of aromatic nitrogens is 4. The van der Waals surface area contributed by atoms with Gasteiger partial charge in [-0.1, -0.05) is 66.7 Å². The van der Waals surface area contributed by atoms with Gasteiger partial charge < -0.3 is 23.7 Å². The minimum atomic E-state index is -0.650. The van der Waals surface area contributed by atoms with Gasteiger partial charge in [0.25, 0.3) is 11.8 Å². The molecule has 0 radical (unpaired) electrons. The maximum absolute atomic E-state index is 13.2. The number of benzene rings is 4. The fourth-order valence-electron chi connectivity index (χ4n) is 4.94. The Balaban J connectivity index is 1.41. The van der Waals surface area contributed by atoms with Gasteiger partial charge in [-0.2, -0.15) is 15.2 Å². The molecule has 2 aromatic heterocycles. The predicted molar refractivity (Wildman–Crippen MR) is 177 cm³/mol. The van der Waals surface area contributed by atoms with Crippen molar-refractivity contribution in [3.8, 4) is 29.5 Å². The van der Waals surface area contributed by atoms with Crippen LogP contribution in [0.25, 0.3) is 11.2 Å². The van der Waals surface area contributed by atoms with Gasteiger partial charge in [0.2, 0.25) is 0 Å². The highest BCUT2D eigenvalue weighted by molar-refractivity contribution is 5.94. The zero-order valence-corrected chi connectivity index (χ0v) is 26.5. The molecule has 6 rings (SSSR count). The van der Waals surface area contributed by atoms with Gasteiger partial charge in [0.05, 0.1) is 18.2 Å². The summed E-state index contributed by atoms with van der Waals surface area (Å²) < 4.78 is 19.9. The van der Waals surface area contributed by atoms with Crippen LogP contribution < -0.4 is 9.47 Å². The fourth-order valence-corrected chi connectivity index (χ4v) is 4.94. The SMILES string of the molecule is Cc1nc2c(Oc3cccc(C(=O)N(C)C)c3)nc(Oc3cc(C#N)ccc3C(=O)OCc3ccccc3)nc2n1Cc1ccccc1. The Kier molecular flexibility index (Phi) is 9.07. The van der Waals surface area contributed by atoms with E-state index in [0.29, 0.717) is 34.8 Å². The second-order valence-electron chi connectivity index (χ2n) is 11.0. The van der Waals surface area contributed by atoms with Gasteiger partial charge >= 0.3 is 12.0 Å². The molecule has 0 aliphatic carbocycles. The molecular formula is C37H30N6O5. The standard InChI is InChI=1S/C37H30N6O5/c1-24-39-32-33(43(24)22-25-11-6-4-7-12-25)40-37(41-34(32)47-29-16-10-15-28(20-29)35(44)42(2)3)48-31-19-27(21-38)17-18-30(31)36(45)46-23-26-13-8-5-9-14-26/h4-20H,22-23H2,1-3H3. The van der Waals surface area contributed by atoms with Gasteiger partial charge in [0, 0.05) is 19.7 Å². The molecule has 0 aliphatic rings. The number of esters is 1. The predicted octanol–water partition coefficient (Wildman–Crippen LogP) is 6.70. The number of hydrogen-bond acceptors (Lipinski definition) is 9. The molecule has 4 aromatic carbocycles. The summed E-state index contributed by atoms with van der Waals surface area (Å²) in [6.07, 6.45) is 0. The van der Waals surface area contributed by atoms with Crippen molar-refractivity contribution >= 4 is 23.0 Å². The maximum Gasteiger partial charge on any atom is 0.342 e. The smallest absolute Gasteiger partial charge is 0.342 e. The van der Waals surface area contributed by atoms with E-state index in [2.05, 4.69) is 11.1 Å². The lowest BCUT2D eigenvalue weighted by Crippen LogP contribution is -2.21. The van der Waals surface area contributed by atoms with Crippen molar-refractivity contribution in [3.63, 3.8) is 0 Å². The summed E-state index contributed by atoms with van der Waals surface area (Å²) in [7, 11) is 3.34. The molecule has 0 saturated carbocycles. The molecule has 11 heteroatoms. The molecular weight excluding hydrogens is 608 g/mol. The van der Waals surface area contributed by atoms with Crippen LogP contribution in [0.2, 0.25) is 0 Å². The summed E-state index contributed by atoms with van der Waals surface area (Å²) in [5.41, 5.74) is 3.39. The van der Waals surface area contributed by atoms with Gasteiger partial charge in [0.1, 0.15) is 29.5 Å². The molecule has 0 unspecified atom stereocenters. The minimum absolute atomic E-state index is 0.0295. The Bertz CT molecular complexity index is 2160. The summed E-state index contributed by atoms with van der Waals surface area (Å²) in [5, 5.41) is 9.62. The van der Waals surface area contributed by atoms with Crippen LogP contribution >= 0.6 is 0 Å². The van der Waals surface area contributed by atoms with Gasteiger partial charge in [-0.15, -0.1) is 0 Å². The van der Waals surface area contributed by atoms with Crippen LogP contribution in [0.5, 0.6) is 23.4 Å². The van der Waals surface area contributed by atoms with Crippen molar-refractivity contribution in [2.75, 3.05) is 14.1 Å². The largest absolute Gasteiger partial charge is 0.457 e. The Morgan fingerprint density at radius 3 is 2.27 bits per heavy atom. The van der Waals surface area contributed by atoms with Crippen molar-refractivity contribution in [2.45, 2.75) is 20.1 Å². The van der Waals surface area contributed by atoms with Crippen molar-refractivity contribution in [2.24, 2.45) is 0 Å². The molecule has 0 fully saturated rings. The highest BCUT2D eigenvalue weighted by Gasteiger charge is 2.22. The van der Waals surface area contributed by atoms with Gasteiger partial charge in [-0.05, 0) is 54.4 Å². The molecule has 6 aromatic rings. The van der Waals surface area contributed by atoms with E-state index in [4.69, 9.17) is 24.2 Å². The lowest BCUT2D eigenvalue weighted by atomic mass is 10.1. The fraction of sp³-hybridized carbons (Fsp3) is 0.135. The molecule has 0 atom stereocenters. The number of nitriles is 1. The first-order valence-corrected chi connectivity index (χ1v) is 15.0. The quantitative estimate of drug-likeness (QED) is 0.150. The topological polar surface area (TPSA) is 132 Å². The number of ether oxygens (including phenoxy) is 3. The summed E-state index contributed by atoms with van der Waals surface area (Å²) in [6, 6.07) is 32.1. The Morgan fingerprint density at radius 1 is 0.833 bits per heavy atom. The average Bonchev–Trinajstić information content (AvgIpc) is 3.42. The molecule has 1 amide bonds. The summed E-state index contributed by atoms with van der Waals surface area (Å²) in [6.45, 7) is 2.35. The van der Waals surface area contributed by atoms with E-state index in [9.17, 15) is 14.9 Å². The zero-order valence-electron chi connectivity index (χ0n) is 26.5. The Labute approximate surface area is 276 Å². The van der Waals surface area contributed by atoms with Crippen molar-refractivity contribution < 1.29 is 23.8 Å². The molecule has 11 nitrogen and oxygen atoms in total. The van der Waals surface area contributed by atoms with Gasteiger partial charge in [-0.25, -0.2) is 9.78 Å². The third kappa shape index (κ3) is 6.98. The lowest BCUT2D eigenvalue weighted by molar-refractivity contribution is 0.0469. The molecule has 0 bridgehead atoms. The number of rotatable bonds is 10. The third-order valence-electron chi connectivity index (χ3n) is 7.36. The Morgan fingerprint density at radius 2 is 1.56 bits per heavy atom. The van der Waals surface area contributed by atoms with E-state index in [1.807, 2.05) is 72.2 Å². The summed E-state index contributed by atoms with van der Waals surface area (Å²) in [5.74, 6) is 0.261. The summed E-state index contributed by atoms with van der Waals surface area (Å²) >= 11 is 0. The van der Waals surface area contributed by atoms with Gasteiger partial charge in [-0.3, -0.25) is 4.79 Å². The van der Waals surface area contributed by atoms with Crippen LogP contribution in [0.1, 0.15) is 43.2 Å². The van der Waals surface area contributed by atoms with Crippen LogP contribution in [0.3, 0.4) is 0 Å². The second kappa shape index (κ2) is 13.8. The first kappa shape index (κ1) is 31.4. The van der Waals surface area contributed by atoms with Crippen molar-refractivity contribution in [1.82, 2.24) is 24.4 Å². The minimum Gasteiger partial charge on any atom is -0.457 e. The first-order valence-electron chi connectivity index (χ1n) is 15.0. The van der Waals surface area contributed by atoms with E-state index in [1.54, 1.807) is 38.4 Å². The second-order valence-corrected chi connectivity index (χ2v) is 11.0. The highest BCUT2D eigenvalue weighted by atomic mass is 16.5. The number of aryl methyl sites for hydroxylation is 1. The number of hydrogen-bond donors (Lipinski definition) is 0. The molecule has 0 saturated heterocycles. The zero-order chi connectivity index (χ0) is 33.6. The lowest BCUT2D eigenvalue weighted by Gasteiger charge is -2.13. The number of carbonyl (C=O) groups excluding carboxylic acids is 2. The van der Waals surface area contributed by atoms with Crippen LogP contribution in [0.4, 0.5) is 0 Å². The van der Waals surface area contributed by atoms with E-state index in [1.165, 1.54) is 23.1 Å². The van der Waals surface area contributed by atoms with Crippen LogP contribution in [0.15, 0.2) is 103 Å². The average molecular weight is 639 g/mol. The monoisotopic (exact) mass is 638 g/mol. The first-order chi connectivity index (χ1) is 23.3. The van der Waals surface area contributed by atoms with E-state index in [-0.39, 0.29) is 41.3 Å². The van der Waals surface area contributed by atoms with E-state index in [0.717, 1.165) is 11.1 Å². The normalized spacial score (nSPS) is 10.7. The number of carbonyl (C=O) groups is 2. The molecule has 238 valence electrons.